The zero-order chi connectivity index (χ0) is 18.0. The van der Waals surface area contributed by atoms with E-state index >= 15 is 0 Å². The quantitative estimate of drug-likeness (QED) is 0.726. The van der Waals surface area contributed by atoms with E-state index in [1.165, 1.54) is 17.2 Å². The summed E-state index contributed by atoms with van der Waals surface area (Å²) < 4.78 is 0. The highest BCUT2D eigenvalue weighted by atomic mass is 35.5. The Hall–Kier alpha value is -1.26. The minimum Gasteiger partial charge on any atom is -0.330 e. The third-order valence-electron chi connectivity index (χ3n) is 4.62. The molecule has 0 aliphatic heterocycles. The van der Waals surface area contributed by atoms with Gasteiger partial charge < -0.3 is 10.6 Å². The fourth-order valence-corrected chi connectivity index (χ4v) is 3.89. The SMILES string of the molecule is C[C@@H]([NH2+][C@H]1CCCc2ccccc21)C(=O)Nc1cc(Cl)c(Cl)cc1Cl. The van der Waals surface area contributed by atoms with Crippen LogP contribution in [-0.4, -0.2) is 11.9 Å². The number of fused-ring (bicyclic) bond motifs is 1. The number of nitrogens with two attached hydrogens (primary N) is 1. The minimum absolute atomic E-state index is 0.108. The number of hydrogen-bond acceptors (Lipinski definition) is 1. The van der Waals surface area contributed by atoms with Crippen molar-refractivity contribution in [1.29, 1.82) is 0 Å². The van der Waals surface area contributed by atoms with Crippen LogP contribution in [0.5, 0.6) is 0 Å². The Bertz CT molecular complexity index is 794. The van der Waals surface area contributed by atoms with E-state index in [0.29, 0.717) is 26.8 Å². The van der Waals surface area contributed by atoms with Gasteiger partial charge in [-0.15, -0.1) is 0 Å². The van der Waals surface area contributed by atoms with Crippen molar-refractivity contribution in [2.75, 3.05) is 5.32 Å². The number of rotatable bonds is 4. The van der Waals surface area contributed by atoms with Gasteiger partial charge in [-0.1, -0.05) is 59.1 Å². The summed E-state index contributed by atoms with van der Waals surface area (Å²) in [5, 5.41) is 6.07. The van der Waals surface area contributed by atoms with Gasteiger partial charge in [-0.05, 0) is 37.5 Å². The van der Waals surface area contributed by atoms with Crippen LogP contribution in [0.2, 0.25) is 15.1 Å². The van der Waals surface area contributed by atoms with Crippen LogP contribution in [0.1, 0.15) is 36.9 Å². The van der Waals surface area contributed by atoms with Crippen LogP contribution in [-0.2, 0) is 11.2 Å². The summed E-state index contributed by atoms with van der Waals surface area (Å²) in [7, 11) is 0. The average molecular weight is 399 g/mol. The second-order valence-electron chi connectivity index (χ2n) is 6.41. The first-order valence-corrected chi connectivity index (χ1v) is 9.47. The molecule has 0 fully saturated rings. The van der Waals surface area contributed by atoms with Crippen molar-refractivity contribution in [3.8, 4) is 0 Å². The summed E-state index contributed by atoms with van der Waals surface area (Å²) in [4.78, 5) is 12.6. The van der Waals surface area contributed by atoms with Crippen LogP contribution in [0.25, 0.3) is 0 Å². The Morgan fingerprint density at radius 3 is 2.68 bits per heavy atom. The standard InChI is InChI=1S/C19H19Cl3N2O/c1-11(19(25)24-18-10-15(21)14(20)9-16(18)22)23-17-8-4-6-12-5-2-3-7-13(12)17/h2-3,5,7,9-11,17,23H,4,6,8H2,1H3,(H,24,25)/p+1/t11-,17+/m1/s1. The molecule has 3 N–H and O–H groups in total. The third-order valence-corrected chi connectivity index (χ3v) is 5.65. The molecule has 2 aromatic rings. The molecular weight excluding hydrogens is 379 g/mol. The molecule has 0 heterocycles. The molecule has 1 aliphatic carbocycles. The smallest absolute Gasteiger partial charge is 0.282 e. The van der Waals surface area contributed by atoms with Gasteiger partial charge in [0.15, 0.2) is 6.04 Å². The average Bonchev–Trinajstić information content (AvgIpc) is 2.60. The molecule has 0 spiro atoms. The summed E-state index contributed by atoms with van der Waals surface area (Å²) in [5.41, 5.74) is 3.20. The fraction of sp³-hybridized carbons (Fsp3) is 0.316. The van der Waals surface area contributed by atoms with Crippen LogP contribution in [0.15, 0.2) is 36.4 Å². The summed E-state index contributed by atoms with van der Waals surface area (Å²) in [6.45, 7) is 1.90. The highest BCUT2D eigenvalue weighted by Gasteiger charge is 2.27. The van der Waals surface area contributed by atoms with Crippen LogP contribution in [0.3, 0.4) is 0 Å². The predicted octanol–water partition coefficient (Wildman–Crippen LogP) is 4.61. The summed E-state index contributed by atoms with van der Waals surface area (Å²) in [5.74, 6) is -0.108. The molecule has 6 heteroatoms. The summed E-state index contributed by atoms with van der Waals surface area (Å²) in [6, 6.07) is 11.6. The number of amides is 1. The molecule has 0 saturated carbocycles. The predicted molar refractivity (Wildman–Crippen MR) is 104 cm³/mol. The van der Waals surface area contributed by atoms with E-state index < -0.39 is 0 Å². The Morgan fingerprint density at radius 1 is 1.16 bits per heavy atom. The van der Waals surface area contributed by atoms with Crippen LogP contribution in [0, 0.1) is 0 Å². The van der Waals surface area contributed by atoms with E-state index in [1.807, 2.05) is 6.92 Å². The Kier molecular flexibility index (Phi) is 5.90. The lowest BCUT2D eigenvalue weighted by atomic mass is 9.87. The maximum atomic E-state index is 12.6. The minimum atomic E-state index is -0.248. The van der Waals surface area contributed by atoms with Gasteiger partial charge in [-0.25, -0.2) is 0 Å². The lowest BCUT2D eigenvalue weighted by Crippen LogP contribution is -2.92. The largest absolute Gasteiger partial charge is 0.330 e. The van der Waals surface area contributed by atoms with Crippen molar-refractivity contribution in [3.63, 3.8) is 0 Å². The van der Waals surface area contributed by atoms with Crippen molar-refractivity contribution in [2.45, 2.75) is 38.3 Å². The zero-order valence-electron chi connectivity index (χ0n) is 13.9. The molecule has 3 nitrogen and oxygen atoms in total. The van der Waals surface area contributed by atoms with E-state index in [2.05, 4.69) is 34.9 Å². The van der Waals surface area contributed by atoms with Gasteiger partial charge in [-0.2, -0.15) is 0 Å². The van der Waals surface area contributed by atoms with Crippen molar-refractivity contribution < 1.29 is 10.1 Å². The molecule has 0 radical (unpaired) electrons. The highest BCUT2D eigenvalue weighted by Crippen LogP contribution is 2.32. The van der Waals surface area contributed by atoms with Gasteiger partial charge in [0.25, 0.3) is 5.91 Å². The molecule has 0 aromatic heterocycles. The highest BCUT2D eigenvalue weighted by molar-refractivity contribution is 6.44. The first-order valence-electron chi connectivity index (χ1n) is 8.34. The van der Waals surface area contributed by atoms with Gasteiger partial charge in [0, 0.05) is 12.0 Å². The van der Waals surface area contributed by atoms with Crippen molar-refractivity contribution in [1.82, 2.24) is 0 Å². The normalized spacial score (nSPS) is 17.7. The molecule has 132 valence electrons. The molecular formula is C19H20Cl3N2O+. The van der Waals surface area contributed by atoms with E-state index in [0.717, 1.165) is 19.3 Å². The van der Waals surface area contributed by atoms with Crippen LogP contribution >= 0.6 is 34.8 Å². The second-order valence-corrected chi connectivity index (χ2v) is 7.64. The summed E-state index contributed by atoms with van der Waals surface area (Å²) >= 11 is 18.1. The lowest BCUT2D eigenvalue weighted by Gasteiger charge is -2.26. The summed E-state index contributed by atoms with van der Waals surface area (Å²) in [6.07, 6.45) is 3.33. The molecule has 2 atom stereocenters. The molecule has 0 unspecified atom stereocenters. The number of quaternary nitrogens is 1. The molecule has 25 heavy (non-hydrogen) atoms. The Balaban J connectivity index is 1.69. The van der Waals surface area contributed by atoms with Gasteiger partial charge in [0.1, 0.15) is 6.04 Å². The number of halogens is 3. The third kappa shape index (κ3) is 4.29. The first kappa shape index (κ1) is 18.5. The van der Waals surface area contributed by atoms with E-state index in [9.17, 15) is 4.79 Å². The second kappa shape index (κ2) is 7.96. The fourth-order valence-electron chi connectivity index (χ4n) is 3.29. The zero-order valence-corrected chi connectivity index (χ0v) is 16.1. The number of carbonyl (C=O) groups is 1. The molecule has 0 saturated heterocycles. The van der Waals surface area contributed by atoms with E-state index in [4.69, 9.17) is 34.8 Å². The number of nitrogens with one attached hydrogen (secondary N) is 1. The molecule has 3 rings (SSSR count). The van der Waals surface area contributed by atoms with Gasteiger partial charge >= 0.3 is 0 Å². The lowest BCUT2D eigenvalue weighted by molar-refractivity contribution is -0.714. The topological polar surface area (TPSA) is 45.7 Å². The van der Waals surface area contributed by atoms with Gasteiger partial charge in [0.05, 0.1) is 20.8 Å². The Morgan fingerprint density at radius 2 is 1.88 bits per heavy atom. The number of carbonyl (C=O) groups excluding carboxylic acids is 1. The van der Waals surface area contributed by atoms with Crippen molar-refractivity contribution in [3.05, 3.63) is 62.6 Å². The Labute approximate surface area is 162 Å². The molecule has 0 bridgehead atoms. The number of aryl methyl sites for hydroxylation is 1. The first-order chi connectivity index (χ1) is 12.0. The number of hydrogen-bond donors (Lipinski definition) is 2. The number of anilines is 1. The van der Waals surface area contributed by atoms with Gasteiger partial charge in [-0.3, -0.25) is 4.79 Å². The number of benzene rings is 2. The van der Waals surface area contributed by atoms with E-state index in [-0.39, 0.29) is 11.9 Å². The van der Waals surface area contributed by atoms with Gasteiger partial charge in [0.2, 0.25) is 0 Å². The molecule has 2 aromatic carbocycles. The molecule has 1 amide bonds. The van der Waals surface area contributed by atoms with E-state index in [1.54, 1.807) is 6.07 Å². The molecule has 1 aliphatic rings. The van der Waals surface area contributed by atoms with Crippen molar-refractivity contribution >= 4 is 46.4 Å². The maximum absolute atomic E-state index is 12.6. The van der Waals surface area contributed by atoms with Crippen LogP contribution in [0.4, 0.5) is 5.69 Å². The maximum Gasteiger partial charge on any atom is 0.282 e. The monoisotopic (exact) mass is 397 g/mol. The van der Waals surface area contributed by atoms with Crippen LogP contribution < -0.4 is 10.6 Å². The van der Waals surface area contributed by atoms with Crippen molar-refractivity contribution in [2.24, 2.45) is 0 Å².